The molecular formula is C23H28FN7O3S. The van der Waals surface area contributed by atoms with E-state index in [4.69, 9.17) is 4.74 Å². The van der Waals surface area contributed by atoms with Gasteiger partial charge in [0.25, 0.3) is 11.5 Å². The van der Waals surface area contributed by atoms with E-state index < -0.39 is 18.1 Å². The first-order valence-corrected chi connectivity index (χ1v) is 12.4. The van der Waals surface area contributed by atoms with E-state index in [1.54, 1.807) is 30.0 Å². The Bertz CT molecular complexity index is 1310. The molecule has 2 unspecified atom stereocenters. The Balaban J connectivity index is 0.00000124. The summed E-state index contributed by atoms with van der Waals surface area (Å²) in [4.78, 5) is 30.3. The highest BCUT2D eigenvalue weighted by Gasteiger charge is 2.50. The summed E-state index contributed by atoms with van der Waals surface area (Å²) in [6.45, 7) is 1.56. The summed E-state index contributed by atoms with van der Waals surface area (Å²) in [5.41, 5.74) is 1.07. The molecule has 3 aliphatic rings. The number of thiol groups is 1. The lowest BCUT2D eigenvalue weighted by Crippen LogP contribution is -2.53. The molecular weight excluding hydrogens is 473 g/mol. The zero-order valence-electron chi connectivity index (χ0n) is 19.5. The van der Waals surface area contributed by atoms with Gasteiger partial charge in [0, 0.05) is 37.2 Å². The lowest BCUT2D eigenvalue weighted by molar-refractivity contribution is -0.174. The molecule has 1 saturated heterocycles. The van der Waals surface area contributed by atoms with Gasteiger partial charge in [-0.05, 0) is 31.2 Å². The van der Waals surface area contributed by atoms with Gasteiger partial charge in [0.05, 0.1) is 25.5 Å². The predicted molar refractivity (Wildman–Crippen MR) is 134 cm³/mol. The summed E-state index contributed by atoms with van der Waals surface area (Å²) in [5.74, 6) is 0.546. The third-order valence-electron chi connectivity index (χ3n) is 6.79. The van der Waals surface area contributed by atoms with Crippen LogP contribution in [0.5, 0.6) is 0 Å². The maximum atomic E-state index is 13.2. The number of amides is 1. The van der Waals surface area contributed by atoms with Crippen LogP contribution in [0, 0.1) is 5.41 Å². The largest absolute Gasteiger partial charge is 0.380 e. The maximum Gasteiger partial charge on any atom is 0.274 e. The number of anilines is 3. The van der Waals surface area contributed by atoms with Gasteiger partial charge in [0.15, 0.2) is 5.65 Å². The lowest BCUT2D eigenvalue weighted by atomic mass is 9.64. The van der Waals surface area contributed by atoms with Crippen LogP contribution in [0.4, 0.5) is 21.7 Å². The van der Waals surface area contributed by atoms with Crippen molar-refractivity contribution in [1.82, 2.24) is 24.5 Å². The molecule has 2 aliphatic carbocycles. The van der Waals surface area contributed by atoms with Gasteiger partial charge in [0.1, 0.15) is 29.1 Å². The molecule has 2 saturated carbocycles. The van der Waals surface area contributed by atoms with Gasteiger partial charge >= 0.3 is 0 Å². The molecule has 1 spiro atoms. The normalized spacial score (nSPS) is 21.9. The smallest absolute Gasteiger partial charge is 0.274 e. The Hall–Kier alpha value is -3.12. The molecule has 3 fully saturated rings. The first-order valence-electron chi connectivity index (χ1n) is 11.5. The van der Waals surface area contributed by atoms with E-state index in [-0.39, 0.29) is 22.6 Å². The van der Waals surface area contributed by atoms with Crippen molar-refractivity contribution in [2.45, 2.75) is 37.5 Å². The quantitative estimate of drug-likeness (QED) is 0.384. The number of pyridine rings is 1. The van der Waals surface area contributed by atoms with Crippen LogP contribution in [0.1, 0.15) is 35.7 Å². The summed E-state index contributed by atoms with van der Waals surface area (Å²) in [6.07, 6.45) is 6.12. The van der Waals surface area contributed by atoms with Gasteiger partial charge in [-0.3, -0.25) is 9.59 Å². The summed E-state index contributed by atoms with van der Waals surface area (Å²) >= 11 is 3.53. The summed E-state index contributed by atoms with van der Waals surface area (Å²) in [6, 6.07) is 4.96. The highest BCUT2D eigenvalue weighted by Crippen LogP contribution is 2.52. The Morgan fingerprint density at radius 3 is 2.69 bits per heavy atom. The van der Waals surface area contributed by atoms with E-state index in [1.165, 1.54) is 10.7 Å². The minimum absolute atomic E-state index is 0.125. The second-order valence-corrected chi connectivity index (χ2v) is 9.22. The van der Waals surface area contributed by atoms with Gasteiger partial charge in [0.2, 0.25) is 0 Å². The second kappa shape index (κ2) is 9.15. The highest BCUT2D eigenvalue weighted by molar-refractivity contribution is 7.79. The van der Waals surface area contributed by atoms with Crippen LogP contribution in [0.15, 0.2) is 35.4 Å². The molecule has 1 aliphatic heterocycles. The molecule has 0 aromatic carbocycles. The predicted octanol–water partition coefficient (Wildman–Crippen LogP) is 2.41. The van der Waals surface area contributed by atoms with E-state index in [0.29, 0.717) is 29.4 Å². The zero-order chi connectivity index (χ0) is 24.7. The Kier molecular flexibility index (Phi) is 6.18. The fourth-order valence-electron chi connectivity index (χ4n) is 4.72. The van der Waals surface area contributed by atoms with Crippen molar-refractivity contribution in [2.24, 2.45) is 5.41 Å². The molecule has 1 amide bonds. The number of hydrogen-bond donors (Lipinski definition) is 4. The van der Waals surface area contributed by atoms with Crippen LogP contribution < -0.4 is 21.5 Å². The van der Waals surface area contributed by atoms with Crippen molar-refractivity contribution < 1.29 is 13.9 Å². The SMILES string of the molecule is CNc1cc(Nc2cccn(C3CC4(COC4)C3)c2=O)nc2c(C(=O)NC3CC3F)cnn12.CS. The fourth-order valence-corrected chi connectivity index (χ4v) is 4.72. The molecule has 3 aromatic heterocycles. The van der Waals surface area contributed by atoms with Crippen molar-refractivity contribution in [3.8, 4) is 0 Å². The standard InChI is InChI=1S/C22H24FN7O3.CH4S/c1-24-18-6-17(28-19-13(9-25-30(18)19)20(31)27-16-5-14(16)23)26-15-3-2-4-29(21(15)32)12-7-22(8-12)10-33-11-22;1-2/h2-4,6,9,12,14,16,24H,5,7-8,10-11H2,1H3,(H,26,28)(H,27,31);2H,1H3. The van der Waals surface area contributed by atoms with Crippen molar-refractivity contribution in [2.75, 3.05) is 37.2 Å². The molecule has 35 heavy (non-hydrogen) atoms. The zero-order valence-corrected chi connectivity index (χ0v) is 20.4. The number of carbonyl (C=O) groups excluding carboxylic acids is 1. The molecule has 6 rings (SSSR count). The van der Waals surface area contributed by atoms with E-state index in [1.807, 2.05) is 12.3 Å². The van der Waals surface area contributed by atoms with Gasteiger partial charge in [-0.1, -0.05) is 0 Å². The van der Waals surface area contributed by atoms with E-state index in [0.717, 1.165) is 26.1 Å². The average molecular weight is 502 g/mol. The van der Waals surface area contributed by atoms with Crippen LogP contribution in [-0.4, -0.2) is 63.8 Å². The molecule has 2 atom stereocenters. The number of nitrogens with one attached hydrogen (secondary N) is 3. The first kappa shape index (κ1) is 23.6. The molecule has 10 nitrogen and oxygen atoms in total. The van der Waals surface area contributed by atoms with Crippen LogP contribution in [0.3, 0.4) is 0 Å². The summed E-state index contributed by atoms with van der Waals surface area (Å²) in [7, 11) is 1.73. The Morgan fingerprint density at radius 2 is 2.06 bits per heavy atom. The molecule has 12 heteroatoms. The molecule has 4 heterocycles. The van der Waals surface area contributed by atoms with Crippen LogP contribution >= 0.6 is 12.6 Å². The number of ether oxygens (including phenoxy) is 1. The second-order valence-electron chi connectivity index (χ2n) is 9.22. The van der Waals surface area contributed by atoms with Gasteiger partial charge < -0.3 is 25.3 Å². The van der Waals surface area contributed by atoms with Crippen LogP contribution in [-0.2, 0) is 4.74 Å². The third-order valence-corrected chi connectivity index (χ3v) is 6.79. The van der Waals surface area contributed by atoms with E-state index in [9.17, 15) is 14.0 Å². The van der Waals surface area contributed by atoms with Crippen molar-refractivity contribution in [1.29, 1.82) is 0 Å². The van der Waals surface area contributed by atoms with Crippen molar-refractivity contribution in [3.63, 3.8) is 0 Å². The topological polar surface area (TPSA) is 115 Å². The monoisotopic (exact) mass is 501 g/mol. The van der Waals surface area contributed by atoms with E-state index in [2.05, 4.69) is 38.7 Å². The van der Waals surface area contributed by atoms with E-state index >= 15 is 0 Å². The summed E-state index contributed by atoms with van der Waals surface area (Å²) < 4.78 is 21.8. The molecule has 186 valence electrons. The Morgan fingerprint density at radius 1 is 1.31 bits per heavy atom. The molecule has 0 bridgehead atoms. The number of halogens is 1. The van der Waals surface area contributed by atoms with Crippen molar-refractivity contribution in [3.05, 3.63) is 46.5 Å². The van der Waals surface area contributed by atoms with Gasteiger partial charge in [-0.15, -0.1) is 0 Å². The number of hydrogen-bond acceptors (Lipinski definition) is 8. The molecule has 3 aromatic rings. The van der Waals surface area contributed by atoms with Crippen molar-refractivity contribution >= 4 is 41.5 Å². The first-order chi connectivity index (χ1) is 17.0. The number of fused-ring (bicyclic) bond motifs is 1. The number of alkyl halides is 1. The molecule has 3 N–H and O–H groups in total. The minimum Gasteiger partial charge on any atom is -0.380 e. The molecule has 0 radical (unpaired) electrons. The maximum absolute atomic E-state index is 13.2. The van der Waals surface area contributed by atoms with Gasteiger partial charge in [-0.25, -0.2) is 9.37 Å². The van der Waals surface area contributed by atoms with Crippen LogP contribution in [0.2, 0.25) is 0 Å². The fraction of sp³-hybridized carbons (Fsp3) is 0.478. The highest BCUT2D eigenvalue weighted by atomic mass is 32.1. The number of nitrogens with zero attached hydrogens (tertiary/aromatic N) is 4. The number of carbonyl (C=O) groups is 1. The average Bonchev–Trinajstić information content (AvgIpc) is 3.32. The minimum atomic E-state index is -1.00. The lowest BCUT2D eigenvalue weighted by Gasteiger charge is -2.53. The number of aromatic nitrogens is 4. The van der Waals surface area contributed by atoms with Crippen LogP contribution in [0.25, 0.3) is 5.65 Å². The summed E-state index contributed by atoms with van der Waals surface area (Å²) in [5, 5.41) is 13.0. The number of rotatable bonds is 6. The van der Waals surface area contributed by atoms with Gasteiger partial charge in [-0.2, -0.15) is 22.2 Å². The third kappa shape index (κ3) is 4.25. The Labute approximate surface area is 206 Å².